The maximum Gasteiger partial charge on any atom is 0.401 e. The Kier molecular flexibility index (Phi) is 4.88. The zero-order valence-electron chi connectivity index (χ0n) is 10.6. The van der Waals surface area contributed by atoms with Gasteiger partial charge in [0, 0.05) is 12.4 Å². The van der Waals surface area contributed by atoms with Crippen LogP contribution in [0.1, 0.15) is 19.4 Å². The second kappa shape index (κ2) is 6.01. The monoisotopic (exact) mass is 276 g/mol. The molecule has 1 atom stereocenters. The van der Waals surface area contributed by atoms with Crippen LogP contribution in [0.2, 0.25) is 0 Å². The largest absolute Gasteiger partial charge is 0.464 e. The van der Waals surface area contributed by atoms with Gasteiger partial charge in [-0.1, -0.05) is 0 Å². The lowest BCUT2D eigenvalue weighted by Gasteiger charge is -2.29. The molecular weight excluding hydrogens is 261 g/mol. The minimum absolute atomic E-state index is 0.0905. The Hall–Kier alpha value is -1.63. The molecule has 1 N–H and O–H groups in total. The lowest BCUT2D eigenvalue weighted by Crippen LogP contribution is -2.50. The van der Waals surface area contributed by atoms with Gasteiger partial charge in [-0.3, -0.25) is 10.3 Å². The van der Waals surface area contributed by atoms with E-state index in [4.69, 9.17) is 4.74 Å². The molecule has 0 radical (unpaired) electrons. The molecule has 0 aromatic carbocycles. The summed E-state index contributed by atoms with van der Waals surface area (Å²) in [5, 5.41) is 2.21. The highest BCUT2D eigenvalue weighted by molar-refractivity contribution is 5.82. The van der Waals surface area contributed by atoms with Crippen LogP contribution < -0.4 is 5.32 Å². The maximum atomic E-state index is 12.3. The van der Waals surface area contributed by atoms with E-state index < -0.39 is 24.2 Å². The van der Waals surface area contributed by atoms with Crippen molar-refractivity contribution in [2.75, 3.05) is 13.2 Å². The number of nitrogens with one attached hydrogen (secondary N) is 1. The van der Waals surface area contributed by atoms with Gasteiger partial charge in [-0.15, -0.1) is 0 Å². The predicted molar refractivity (Wildman–Crippen MR) is 62.3 cm³/mol. The number of carbonyl (C=O) groups excluding carboxylic acids is 1. The highest BCUT2D eigenvalue weighted by atomic mass is 19.4. The van der Waals surface area contributed by atoms with Gasteiger partial charge >= 0.3 is 12.1 Å². The number of carbonyl (C=O) groups is 1. The van der Waals surface area contributed by atoms with Crippen molar-refractivity contribution in [3.63, 3.8) is 0 Å². The van der Waals surface area contributed by atoms with Gasteiger partial charge in [-0.05, 0) is 31.5 Å². The van der Waals surface area contributed by atoms with E-state index in [0.717, 1.165) is 0 Å². The number of nitrogens with zero attached hydrogens (tertiary/aromatic N) is 1. The van der Waals surface area contributed by atoms with Crippen molar-refractivity contribution in [1.29, 1.82) is 0 Å². The zero-order chi connectivity index (χ0) is 14.5. The van der Waals surface area contributed by atoms with E-state index in [-0.39, 0.29) is 6.61 Å². The van der Waals surface area contributed by atoms with Crippen molar-refractivity contribution in [3.8, 4) is 0 Å². The van der Waals surface area contributed by atoms with Gasteiger partial charge < -0.3 is 4.74 Å². The summed E-state index contributed by atoms with van der Waals surface area (Å²) in [5.41, 5.74) is -1.20. The third-order valence-corrected chi connectivity index (χ3v) is 2.58. The van der Waals surface area contributed by atoms with Crippen molar-refractivity contribution in [3.05, 3.63) is 30.1 Å². The van der Waals surface area contributed by atoms with Crippen molar-refractivity contribution in [2.45, 2.75) is 25.6 Å². The maximum absolute atomic E-state index is 12.3. The van der Waals surface area contributed by atoms with Crippen LogP contribution in [0.4, 0.5) is 13.2 Å². The molecule has 0 bridgehead atoms. The van der Waals surface area contributed by atoms with Crippen molar-refractivity contribution in [1.82, 2.24) is 10.3 Å². The number of rotatable bonds is 5. The quantitative estimate of drug-likeness (QED) is 0.836. The molecule has 1 heterocycles. The number of esters is 1. The Labute approximate surface area is 109 Å². The fraction of sp³-hybridized carbons (Fsp3) is 0.500. The zero-order valence-corrected chi connectivity index (χ0v) is 10.6. The van der Waals surface area contributed by atoms with Crippen molar-refractivity contribution >= 4 is 5.97 Å². The molecule has 0 saturated heterocycles. The van der Waals surface area contributed by atoms with Gasteiger partial charge in [-0.25, -0.2) is 4.79 Å². The summed E-state index contributed by atoms with van der Waals surface area (Å²) in [7, 11) is 0. The number of pyridine rings is 1. The van der Waals surface area contributed by atoms with Crippen LogP contribution in [0, 0.1) is 0 Å². The van der Waals surface area contributed by atoms with E-state index in [2.05, 4.69) is 10.3 Å². The molecule has 19 heavy (non-hydrogen) atoms. The number of ether oxygens (including phenoxy) is 1. The van der Waals surface area contributed by atoms with Crippen LogP contribution in [-0.2, 0) is 15.1 Å². The molecule has 106 valence electrons. The molecule has 0 saturated carbocycles. The lowest BCUT2D eigenvalue weighted by molar-refractivity contribution is -0.155. The van der Waals surface area contributed by atoms with E-state index in [0.29, 0.717) is 5.56 Å². The molecule has 0 aliphatic rings. The minimum atomic E-state index is -4.42. The first-order valence-corrected chi connectivity index (χ1v) is 5.69. The number of alkyl halides is 3. The molecule has 0 fully saturated rings. The average molecular weight is 276 g/mol. The molecule has 4 nitrogen and oxygen atoms in total. The van der Waals surface area contributed by atoms with E-state index in [1.807, 2.05) is 0 Å². The minimum Gasteiger partial charge on any atom is -0.464 e. The molecule has 7 heteroatoms. The van der Waals surface area contributed by atoms with Crippen LogP contribution in [0.3, 0.4) is 0 Å². The van der Waals surface area contributed by atoms with E-state index >= 15 is 0 Å². The molecule has 0 aliphatic carbocycles. The van der Waals surface area contributed by atoms with Crippen LogP contribution in [-0.4, -0.2) is 30.3 Å². The Morgan fingerprint density at radius 2 is 1.95 bits per heavy atom. The molecule has 1 aromatic rings. The Morgan fingerprint density at radius 1 is 1.37 bits per heavy atom. The SMILES string of the molecule is CCOC(=O)C(C)(NCC(F)(F)F)c1ccncc1. The second-order valence-corrected chi connectivity index (χ2v) is 4.05. The van der Waals surface area contributed by atoms with Gasteiger partial charge in [0.1, 0.15) is 5.54 Å². The van der Waals surface area contributed by atoms with Crippen LogP contribution in [0.5, 0.6) is 0 Å². The van der Waals surface area contributed by atoms with E-state index in [1.54, 1.807) is 6.92 Å². The van der Waals surface area contributed by atoms with E-state index in [1.165, 1.54) is 31.5 Å². The Morgan fingerprint density at radius 3 is 2.42 bits per heavy atom. The smallest absolute Gasteiger partial charge is 0.401 e. The van der Waals surface area contributed by atoms with Gasteiger partial charge in [0.05, 0.1) is 13.2 Å². The summed E-state index contributed by atoms with van der Waals surface area (Å²) in [6, 6.07) is 2.95. The molecule has 1 rings (SSSR count). The molecule has 1 unspecified atom stereocenters. The topological polar surface area (TPSA) is 51.2 Å². The second-order valence-electron chi connectivity index (χ2n) is 4.05. The molecular formula is C12H15F3N2O2. The lowest BCUT2D eigenvalue weighted by atomic mass is 9.93. The normalized spacial score (nSPS) is 14.8. The highest BCUT2D eigenvalue weighted by Gasteiger charge is 2.40. The fourth-order valence-electron chi connectivity index (χ4n) is 1.53. The molecule has 0 amide bonds. The first-order chi connectivity index (χ1) is 8.79. The van der Waals surface area contributed by atoms with Crippen LogP contribution in [0.15, 0.2) is 24.5 Å². The predicted octanol–water partition coefficient (Wildman–Crippen LogP) is 2.01. The van der Waals surface area contributed by atoms with Gasteiger partial charge in [-0.2, -0.15) is 13.2 Å². The third-order valence-electron chi connectivity index (χ3n) is 2.58. The van der Waals surface area contributed by atoms with Crippen molar-refractivity contribution < 1.29 is 22.7 Å². The molecule has 0 spiro atoms. The van der Waals surface area contributed by atoms with Gasteiger partial charge in [0.2, 0.25) is 0 Å². The third kappa shape index (κ3) is 4.20. The van der Waals surface area contributed by atoms with Crippen molar-refractivity contribution in [2.24, 2.45) is 0 Å². The highest BCUT2D eigenvalue weighted by Crippen LogP contribution is 2.24. The van der Waals surface area contributed by atoms with Crippen LogP contribution in [0.25, 0.3) is 0 Å². The fourth-order valence-corrected chi connectivity index (χ4v) is 1.53. The van der Waals surface area contributed by atoms with Gasteiger partial charge in [0.15, 0.2) is 0 Å². The first-order valence-electron chi connectivity index (χ1n) is 5.69. The summed E-state index contributed by atoms with van der Waals surface area (Å²) in [6.45, 7) is 1.75. The summed E-state index contributed by atoms with van der Waals surface area (Å²) in [6.07, 6.45) is -1.61. The average Bonchev–Trinajstić information content (AvgIpc) is 2.36. The van der Waals surface area contributed by atoms with Gasteiger partial charge in [0.25, 0.3) is 0 Å². The summed E-state index contributed by atoms with van der Waals surface area (Å²) in [5.74, 6) is -0.759. The summed E-state index contributed by atoms with van der Waals surface area (Å²) in [4.78, 5) is 15.7. The summed E-state index contributed by atoms with van der Waals surface area (Å²) >= 11 is 0. The standard InChI is InChI=1S/C12H15F3N2O2/c1-3-19-10(18)11(2,17-8-12(13,14)15)9-4-6-16-7-5-9/h4-7,17H,3,8H2,1-2H3. The number of halogens is 3. The summed E-state index contributed by atoms with van der Waals surface area (Å²) < 4.78 is 41.8. The number of hydrogen-bond donors (Lipinski definition) is 1. The number of hydrogen-bond acceptors (Lipinski definition) is 4. The molecule has 1 aromatic heterocycles. The molecule has 0 aliphatic heterocycles. The van der Waals surface area contributed by atoms with E-state index in [9.17, 15) is 18.0 Å². The Balaban J connectivity index is 3.00. The number of aromatic nitrogens is 1. The Bertz CT molecular complexity index is 423. The first kappa shape index (κ1) is 15.4. The van der Waals surface area contributed by atoms with Crippen LogP contribution >= 0.6 is 0 Å².